The Morgan fingerprint density at radius 1 is 0.844 bits per heavy atom. The summed E-state index contributed by atoms with van der Waals surface area (Å²) in [5.41, 5.74) is -3.60. The van der Waals surface area contributed by atoms with Gasteiger partial charge in [-0.3, -0.25) is 0 Å². The second-order valence-corrected chi connectivity index (χ2v) is 8.83. The van der Waals surface area contributed by atoms with Gasteiger partial charge in [0, 0.05) is 18.7 Å². The van der Waals surface area contributed by atoms with Crippen LogP contribution in [0.5, 0.6) is 0 Å². The van der Waals surface area contributed by atoms with Gasteiger partial charge in [-0.05, 0) is 31.3 Å². The van der Waals surface area contributed by atoms with Crippen LogP contribution in [0.4, 0.5) is 32.3 Å². The van der Waals surface area contributed by atoms with E-state index in [2.05, 4.69) is 25.2 Å². The molecular weight excluding hydrogens is 507 g/mol. The van der Waals surface area contributed by atoms with E-state index in [1.165, 1.54) is 0 Å². The van der Waals surface area contributed by atoms with E-state index in [1.54, 1.807) is 0 Å². The highest BCUT2D eigenvalue weighted by atomic mass is 35.6. The maximum absolute atomic E-state index is 13.2. The number of hydrogen-bond acceptors (Lipinski definition) is 5. The molecule has 0 aliphatic rings. The molecule has 0 aliphatic carbocycles. The molecule has 0 bridgehead atoms. The van der Waals surface area contributed by atoms with E-state index < -0.39 is 44.5 Å². The normalized spacial score (nSPS) is 13.0. The van der Waals surface area contributed by atoms with Crippen molar-refractivity contribution in [1.29, 1.82) is 0 Å². The van der Waals surface area contributed by atoms with Gasteiger partial charge in [0.2, 0.25) is 9.74 Å². The minimum atomic E-state index is -5.04. The Kier molecular flexibility index (Phi) is 8.46. The van der Waals surface area contributed by atoms with Crippen molar-refractivity contribution in [3.05, 3.63) is 35.2 Å². The Labute approximate surface area is 195 Å². The van der Waals surface area contributed by atoms with Gasteiger partial charge >= 0.3 is 12.4 Å². The molecule has 0 atom stereocenters. The van der Waals surface area contributed by atoms with Crippen LogP contribution in [0.3, 0.4) is 0 Å². The van der Waals surface area contributed by atoms with E-state index in [0.29, 0.717) is 25.2 Å². The summed E-state index contributed by atoms with van der Waals surface area (Å²) in [4.78, 5) is 13.7. The van der Waals surface area contributed by atoms with Crippen LogP contribution in [-0.4, -0.2) is 46.0 Å². The zero-order chi connectivity index (χ0) is 24.3. The third-order valence-corrected chi connectivity index (χ3v) is 4.85. The molecule has 0 amide bonds. The third kappa shape index (κ3) is 7.23. The lowest BCUT2D eigenvalue weighted by atomic mass is 10.0. The van der Waals surface area contributed by atoms with E-state index in [-0.39, 0.29) is 12.0 Å². The first-order valence-corrected chi connectivity index (χ1v) is 10.4. The molecule has 178 valence electrons. The first kappa shape index (κ1) is 26.7. The highest BCUT2D eigenvalue weighted by Gasteiger charge is 2.37. The minimum Gasteiger partial charge on any atom is -0.353 e. The SMILES string of the molecule is CCN(CC)CCNc1nc(-c2cc(C(F)(F)F)cc(C(F)(F)F)c2)nc(C(Cl)(Cl)Cl)n1. The average molecular weight is 525 g/mol. The standard InChI is InChI=1S/C18H18Cl3F6N5/c1-3-32(4-2)6-5-28-15-30-13(29-14(31-15)16(19,20)21)10-7-11(17(22,23)24)9-12(8-10)18(25,26)27/h7-9H,3-6H2,1-2H3,(H,28,29,30,31). The van der Waals surface area contributed by atoms with Crippen molar-refractivity contribution >= 4 is 40.8 Å². The number of hydrogen-bond donors (Lipinski definition) is 1. The molecule has 1 N–H and O–H groups in total. The van der Waals surface area contributed by atoms with Crippen LogP contribution in [-0.2, 0) is 16.1 Å². The van der Waals surface area contributed by atoms with Gasteiger partial charge in [-0.15, -0.1) is 0 Å². The predicted molar refractivity (Wildman–Crippen MR) is 111 cm³/mol. The Balaban J connectivity index is 2.56. The van der Waals surface area contributed by atoms with Gasteiger partial charge in [-0.1, -0.05) is 48.7 Å². The lowest BCUT2D eigenvalue weighted by Crippen LogP contribution is -2.29. The summed E-state index contributed by atoms with van der Waals surface area (Å²) >= 11 is 17.4. The maximum Gasteiger partial charge on any atom is 0.416 e. The number of benzene rings is 1. The average Bonchev–Trinajstić information content (AvgIpc) is 2.68. The van der Waals surface area contributed by atoms with Gasteiger partial charge in [-0.25, -0.2) is 4.98 Å². The number of rotatable bonds is 7. The van der Waals surface area contributed by atoms with E-state index in [1.807, 2.05) is 13.8 Å². The molecule has 0 unspecified atom stereocenters. The van der Waals surface area contributed by atoms with Crippen molar-refractivity contribution in [2.45, 2.75) is 30.0 Å². The van der Waals surface area contributed by atoms with Crippen LogP contribution in [0.2, 0.25) is 0 Å². The smallest absolute Gasteiger partial charge is 0.353 e. The van der Waals surface area contributed by atoms with E-state index >= 15 is 0 Å². The molecular formula is C18H18Cl3F6N5. The fourth-order valence-electron chi connectivity index (χ4n) is 2.66. The fraction of sp³-hybridized carbons (Fsp3) is 0.500. The van der Waals surface area contributed by atoms with Crippen molar-refractivity contribution in [3.8, 4) is 11.4 Å². The van der Waals surface area contributed by atoms with Crippen molar-refractivity contribution in [2.24, 2.45) is 0 Å². The minimum absolute atomic E-state index is 0.00376. The predicted octanol–water partition coefficient (Wildman–Crippen LogP) is 6.16. The molecule has 14 heteroatoms. The molecule has 1 aromatic heterocycles. The van der Waals surface area contributed by atoms with Crippen molar-refractivity contribution in [3.63, 3.8) is 0 Å². The van der Waals surface area contributed by atoms with Crippen LogP contribution < -0.4 is 5.32 Å². The van der Waals surface area contributed by atoms with Crippen LogP contribution in [0, 0.1) is 0 Å². The number of nitrogens with zero attached hydrogens (tertiary/aromatic N) is 4. The largest absolute Gasteiger partial charge is 0.416 e. The van der Waals surface area contributed by atoms with Gasteiger partial charge in [0.05, 0.1) is 11.1 Å². The summed E-state index contributed by atoms with van der Waals surface area (Å²) in [5.74, 6) is -1.12. The number of likely N-dealkylation sites (N-methyl/N-ethyl adjacent to an activating group) is 1. The number of nitrogens with one attached hydrogen (secondary N) is 1. The third-order valence-electron chi connectivity index (χ3n) is 4.34. The van der Waals surface area contributed by atoms with E-state index in [9.17, 15) is 26.3 Å². The number of alkyl halides is 9. The zero-order valence-electron chi connectivity index (χ0n) is 16.8. The molecule has 1 aromatic carbocycles. The second kappa shape index (κ2) is 10.1. The molecule has 0 fully saturated rings. The molecule has 0 saturated heterocycles. The van der Waals surface area contributed by atoms with Gasteiger partial charge in [-0.2, -0.15) is 36.3 Å². The van der Waals surface area contributed by atoms with Gasteiger partial charge < -0.3 is 10.2 Å². The Morgan fingerprint density at radius 2 is 1.38 bits per heavy atom. The summed E-state index contributed by atoms with van der Waals surface area (Å²) in [6, 6.07) is 0.989. The molecule has 0 saturated carbocycles. The molecule has 5 nitrogen and oxygen atoms in total. The van der Waals surface area contributed by atoms with Gasteiger partial charge in [0.15, 0.2) is 11.6 Å². The van der Waals surface area contributed by atoms with Crippen LogP contribution >= 0.6 is 34.8 Å². The summed E-state index contributed by atoms with van der Waals surface area (Å²) in [5, 5.41) is 2.83. The zero-order valence-corrected chi connectivity index (χ0v) is 19.0. The molecule has 1 heterocycles. The molecule has 32 heavy (non-hydrogen) atoms. The topological polar surface area (TPSA) is 53.9 Å². The Morgan fingerprint density at radius 3 is 1.81 bits per heavy atom. The lowest BCUT2D eigenvalue weighted by Gasteiger charge is -2.19. The lowest BCUT2D eigenvalue weighted by molar-refractivity contribution is -0.143. The Hall–Kier alpha value is -1.56. The number of aromatic nitrogens is 3. The van der Waals surface area contributed by atoms with Gasteiger partial charge in [0.1, 0.15) is 0 Å². The van der Waals surface area contributed by atoms with Crippen molar-refractivity contribution in [2.75, 3.05) is 31.5 Å². The van der Waals surface area contributed by atoms with Crippen LogP contribution in [0.15, 0.2) is 18.2 Å². The van der Waals surface area contributed by atoms with E-state index in [4.69, 9.17) is 34.8 Å². The molecule has 2 rings (SSSR count). The van der Waals surface area contributed by atoms with Gasteiger partial charge in [0.25, 0.3) is 0 Å². The number of halogens is 9. The fourth-order valence-corrected chi connectivity index (χ4v) is 2.91. The van der Waals surface area contributed by atoms with E-state index in [0.717, 1.165) is 13.1 Å². The van der Waals surface area contributed by atoms with Crippen LogP contribution in [0.25, 0.3) is 11.4 Å². The molecule has 0 spiro atoms. The summed E-state index contributed by atoms with van der Waals surface area (Å²) in [6.45, 7) is 6.34. The highest BCUT2D eigenvalue weighted by molar-refractivity contribution is 6.66. The summed E-state index contributed by atoms with van der Waals surface area (Å²) in [6.07, 6.45) is -10.1. The molecule has 2 aromatic rings. The summed E-state index contributed by atoms with van der Waals surface area (Å²) in [7, 11) is 0. The monoisotopic (exact) mass is 523 g/mol. The molecule has 0 radical (unpaired) electrons. The number of anilines is 1. The quantitative estimate of drug-likeness (QED) is 0.347. The maximum atomic E-state index is 13.2. The summed E-state index contributed by atoms with van der Waals surface area (Å²) < 4.78 is 77.1. The Bertz CT molecular complexity index is 895. The second-order valence-electron chi connectivity index (χ2n) is 6.55. The van der Waals surface area contributed by atoms with Crippen LogP contribution in [0.1, 0.15) is 30.8 Å². The highest BCUT2D eigenvalue weighted by Crippen LogP contribution is 2.40. The first-order chi connectivity index (χ1) is 14.6. The molecule has 0 aliphatic heterocycles. The first-order valence-electron chi connectivity index (χ1n) is 9.24. The van der Waals surface area contributed by atoms with Crippen molar-refractivity contribution in [1.82, 2.24) is 19.9 Å². The van der Waals surface area contributed by atoms with Crippen molar-refractivity contribution < 1.29 is 26.3 Å².